The first-order chi connectivity index (χ1) is 9.04. The number of carbonyl (C=O) groups excluding carboxylic acids is 2. The molecule has 0 bridgehead atoms. The van der Waals surface area contributed by atoms with Crippen LogP contribution in [0.15, 0.2) is 30.3 Å². The maximum Gasteiger partial charge on any atom is 3.00 e. The second kappa shape index (κ2) is 19.5. The zero-order chi connectivity index (χ0) is 14.9. The molecule has 0 saturated heterocycles. The molecule has 1 radical (unpaired) electrons. The van der Waals surface area contributed by atoms with Gasteiger partial charge >= 0.3 is 29.0 Å². The molecule has 0 aliphatic rings. The van der Waals surface area contributed by atoms with Crippen molar-refractivity contribution in [3.05, 3.63) is 30.3 Å². The molecule has 111 valence electrons. The van der Waals surface area contributed by atoms with Gasteiger partial charge in [0.05, 0.1) is 0 Å². The monoisotopic (exact) mass is 323 g/mol. The molecule has 0 fully saturated rings. The summed E-state index contributed by atoms with van der Waals surface area (Å²) < 4.78 is 0. The zero-order valence-electron chi connectivity index (χ0n) is 10.6. The van der Waals surface area contributed by atoms with E-state index in [-0.39, 0.29) is 42.8 Å². The summed E-state index contributed by atoms with van der Waals surface area (Å²) in [4.78, 5) is 37.8. The average molecular weight is 323 g/mol. The van der Waals surface area contributed by atoms with Crippen LogP contribution in [0.25, 0.3) is 0 Å². The smallest absolute Gasteiger partial charge is 0.542 e. The molecule has 0 spiro atoms. The third-order valence-electron chi connectivity index (χ3n) is 1.44. The average Bonchev–Trinajstić information content (AvgIpc) is 2.93. The van der Waals surface area contributed by atoms with Gasteiger partial charge in [-0.05, 0) is 0 Å². The number of carboxylic acids is 2. The van der Waals surface area contributed by atoms with Gasteiger partial charge in [0.1, 0.15) is 0 Å². The maximum atomic E-state index is 9.58. The van der Waals surface area contributed by atoms with Crippen LogP contribution in [-0.2, 0) is 36.2 Å². The van der Waals surface area contributed by atoms with Crippen molar-refractivity contribution in [3.63, 3.8) is 0 Å². The van der Waals surface area contributed by atoms with Gasteiger partial charge in [0.2, 0.25) is 0 Å². The number of hydrogen-bond acceptors (Lipinski definition) is 4. The molecular weight excluding hydrogens is 308 g/mol. The Morgan fingerprint density at radius 1 is 0.900 bits per heavy atom. The minimum absolute atomic E-state index is 0. The predicted octanol–water partition coefficient (Wildman–Crippen LogP) is 1.32. The molecule has 1 aromatic rings. The Labute approximate surface area is 127 Å². The maximum absolute atomic E-state index is 9.58. The van der Waals surface area contributed by atoms with Crippen LogP contribution in [0.2, 0.25) is 0 Å². The van der Waals surface area contributed by atoms with Gasteiger partial charge in [-0.3, -0.25) is 22.2 Å². The van der Waals surface area contributed by atoms with E-state index >= 15 is 0 Å². The second-order valence-corrected chi connectivity index (χ2v) is 3.04. The molecule has 0 aromatic heterocycles. The molecule has 6 nitrogen and oxygen atoms in total. The van der Waals surface area contributed by atoms with Gasteiger partial charge in [-0.1, -0.05) is 0 Å². The summed E-state index contributed by atoms with van der Waals surface area (Å²) in [6.45, 7) is 0. The number of hydrogen-bond donors (Lipinski definition) is 2. The summed E-state index contributed by atoms with van der Waals surface area (Å²) in [6, 6.07) is 10.0. The second-order valence-electron chi connectivity index (χ2n) is 3.04. The van der Waals surface area contributed by atoms with E-state index in [9.17, 15) is 19.2 Å². The molecule has 0 heterocycles. The quantitative estimate of drug-likeness (QED) is 0.604. The Morgan fingerprint density at radius 3 is 1.35 bits per heavy atom. The van der Waals surface area contributed by atoms with Crippen LogP contribution in [-0.4, -0.2) is 34.7 Å². The van der Waals surface area contributed by atoms with Crippen LogP contribution in [0.4, 0.5) is 0 Å². The third kappa shape index (κ3) is 29.8. The molecule has 20 heavy (non-hydrogen) atoms. The Balaban J connectivity index is -0.000000214. The molecule has 0 aliphatic carbocycles. The van der Waals surface area contributed by atoms with E-state index in [1.165, 1.54) is 12.6 Å². The van der Waals surface area contributed by atoms with Crippen LogP contribution in [0.5, 0.6) is 0 Å². The van der Waals surface area contributed by atoms with E-state index in [1.807, 2.05) is 30.3 Å². The van der Waals surface area contributed by atoms with E-state index in [4.69, 9.17) is 10.2 Å². The van der Waals surface area contributed by atoms with Gasteiger partial charge < -0.3 is 19.8 Å². The zero-order valence-corrected chi connectivity index (χ0v) is 11.7. The topological polar surface area (TPSA) is 109 Å². The van der Waals surface area contributed by atoms with Crippen LogP contribution in [0.3, 0.4) is 0 Å². The summed E-state index contributed by atoms with van der Waals surface area (Å²) in [5.74, 6) is -1.91. The van der Waals surface area contributed by atoms with Crippen molar-refractivity contribution in [2.75, 3.05) is 0 Å². The normalized spacial score (nSPS) is 7.60. The molecule has 1 rings (SSSR count). The number of aliphatic carboxylic acids is 2. The Bertz CT molecular complexity index is 309. The molecule has 0 atom stereocenters. The van der Waals surface area contributed by atoms with Crippen LogP contribution in [0, 0.1) is 0 Å². The fourth-order valence-corrected chi connectivity index (χ4v) is 0.637. The predicted molar refractivity (Wildman–Crippen MR) is 67.2 cm³/mol. The molecule has 0 saturated carbocycles. The van der Waals surface area contributed by atoms with Gasteiger partial charge in [0.25, 0.3) is 0 Å². The summed E-state index contributed by atoms with van der Waals surface area (Å²) in [5.41, 5.74) is 0. The molecular formula is C13H15FeO6. The van der Waals surface area contributed by atoms with Crippen molar-refractivity contribution in [1.82, 2.24) is 0 Å². The van der Waals surface area contributed by atoms with Crippen molar-refractivity contribution in [2.45, 2.75) is 25.7 Å². The van der Waals surface area contributed by atoms with E-state index < -0.39 is 11.9 Å². The van der Waals surface area contributed by atoms with Gasteiger partial charge in [0.15, 0.2) is 0 Å². The number of rotatable bonds is 6. The van der Waals surface area contributed by atoms with Gasteiger partial charge in [-0.25, -0.2) is 12.1 Å². The van der Waals surface area contributed by atoms with Crippen molar-refractivity contribution in [2.24, 2.45) is 0 Å². The molecule has 0 unspecified atom stereocenters. The summed E-state index contributed by atoms with van der Waals surface area (Å²) in [6.07, 6.45) is 2.71. The van der Waals surface area contributed by atoms with Crippen molar-refractivity contribution >= 4 is 24.5 Å². The van der Waals surface area contributed by atoms with Crippen molar-refractivity contribution in [1.29, 1.82) is 0 Å². The largest absolute Gasteiger partial charge is 3.00 e. The summed E-state index contributed by atoms with van der Waals surface area (Å²) >= 11 is 0. The van der Waals surface area contributed by atoms with Crippen LogP contribution < -0.4 is 0 Å². The van der Waals surface area contributed by atoms with E-state index in [1.54, 1.807) is 0 Å². The SMILES string of the molecule is O=[C-]CCC(=O)O.O=[C-]CCC(=O)O.[Fe+3].c1cc[cH-]c1. The van der Waals surface area contributed by atoms with E-state index in [0.29, 0.717) is 0 Å². The first-order valence-electron chi connectivity index (χ1n) is 5.34. The molecule has 7 heteroatoms. The van der Waals surface area contributed by atoms with Crippen molar-refractivity contribution in [3.8, 4) is 0 Å². The standard InChI is InChI=1S/C5H5.2C4H5O3.Fe/c1-2-4-5-3-1;2*5-3-1-2-4(6)7;/h1-5H;2*1-2H2,(H,6,7);/q3*-1;+3. The van der Waals surface area contributed by atoms with E-state index in [0.717, 1.165) is 0 Å². The molecule has 2 N–H and O–H groups in total. The number of carbonyl (C=O) groups is 2. The van der Waals surface area contributed by atoms with Crippen molar-refractivity contribution < 1.29 is 46.5 Å². The van der Waals surface area contributed by atoms with Gasteiger partial charge in [-0.15, -0.1) is 12.8 Å². The van der Waals surface area contributed by atoms with Gasteiger partial charge in [0, 0.05) is 12.8 Å². The minimum atomic E-state index is -0.955. The Hall–Kier alpha value is -1.85. The molecule has 0 amide bonds. The fourth-order valence-electron chi connectivity index (χ4n) is 0.637. The number of carboxylic acid groups (broad SMARTS) is 2. The molecule has 1 aromatic carbocycles. The Morgan fingerprint density at radius 2 is 1.25 bits per heavy atom. The first kappa shape index (κ1) is 23.3. The summed E-state index contributed by atoms with van der Waals surface area (Å²) in [5, 5.41) is 15.7. The van der Waals surface area contributed by atoms with Crippen LogP contribution >= 0.6 is 0 Å². The van der Waals surface area contributed by atoms with Gasteiger partial charge in [-0.2, -0.15) is 18.2 Å². The third-order valence-corrected chi connectivity index (χ3v) is 1.44. The minimum Gasteiger partial charge on any atom is -0.542 e. The molecule has 0 aliphatic heterocycles. The summed E-state index contributed by atoms with van der Waals surface area (Å²) in [7, 11) is 0. The first-order valence-corrected chi connectivity index (χ1v) is 5.34. The van der Waals surface area contributed by atoms with E-state index in [2.05, 4.69) is 0 Å². The Kier molecular flexibility index (Phi) is 22.7. The fraction of sp³-hybridized carbons (Fsp3) is 0.308. The van der Waals surface area contributed by atoms with Crippen LogP contribution in [0.1, 0.15) is 25.7 Å².